The third-order valence-electron chi connectivity index (χ3n) is 5.29. The van der Waals surface area contributed by atoms with Crippen LogP contribution in [0.25, 0.3) is 0 Å². The lowest BCUT2D eigenvalue weighted by Crippen LogP contribution is -2.26. The van der Waals surface area contributed by atoms with Crippen LogP contribution in [0.5, 0.6) is 0 Å². The lowest BCUT2D eigenvalue weighted by molar-refractivity contribution is 0.102. The minimum Gasteiger partial charge on any atom is -0.322 e. The van der Waals surface area contributed by atoms with Gasteiger partial charge in [0, 0.05) is 30.1 Å². The molecular formula is C28H23N3O3S. The predicted octanol–water partition coefficient (Wildman–Crippen LogP) is 4.87. The van der Waals surface area contributed by atoms with E-state index in [-0.39, 0.29) is 10.8 Å². The average molecular weight is 482 g/mol. The summed E-state index contributed by atoms with van der Waals surface area (Å²) in [5.74, 6) is 5.72. The molecule has 3 aromatic carbocycles. The van der Waals surface area contributed by atoms with Crippen LogP contribution in [-0.4, -0.2) is 26.4 Å². The summed E-state index contributed by atoms with van der Waals surface area (Å²) in [6, 6.07) is 25.8. The van der Waals surface area contributed by atoms with Crippen molar-refractivity contribution in [3.05, 3.63) is 120 Å². The van der Waals surface area contributed by atoms with Gasteiger partial charge >= 0.3 is 0 Å². The molecule has 4 rings (SSSR count). The Morgan fingerprint density at radius 2 is 1.63 bits per heavy atom. The number of amides is 1. The van der Waals surface area contributed by atoms with Gasteiger partial charge in [0.05, 0.1) is 10.6 Å². The molecule has 1 N–H and O–H groups in total. The fourth-order valence-electron chi connectivity index (χ4n) is 3.28. The second-order valence-electron chi connectivity index (χ2n) is 7.83. The van der Waals surface area contributed by atoms with Crippen LogP contribution >= 0.6 is 0 Å². The lowest BCUT2D eigenvalue weighted by atomic mass is 10.1. The van der Waals surface area contributed by atoms with Crippen LogP contribution < -0.4 is 9.62 Å². The molecule has 0 bridgehead atoms. The fourth-order valence-corrected chi connectivity index (χ4v) is 4.48. The van der Waals surface area contributed by atoms with Gasteiger partial charge in [0.25, 0.3) is 15.9 Å². The monoisotopic (exact) mass is 481 g/mol. The number of carbonyl (C=O) groups is 1. The van der Waals surface area contributed by atoms with Gasteiger partial charge in [-0.1, -0.05) is 35.7 Å². The zero-order valence-electron chi connectivity index (χ0n) is 19.3. The van der Waals surface area contributed by atoms with E-state index in [9.17, 15) is 13.2 Å². The molecule has 0 unspecified atom stereocenters. The zero-order valence-corrected chi connectivity index (χ0v) is 20.1. The van der Waals surface area contributed by atoms with Gasteiger partial charge in [-0.25, -0.2) is 13.4 Å². The van der Waals surface area contributed by atoms with Crippen LogP contribution in [0, 0.1) is 18.8 Å². The summed E-state index contributed by atoms with van der Waals surface area (Å²) in [6.07, 6.45) is 1.68. The van der Waals surface area contributed by atoms with Crippen molar-refractivity contribution in [1.82, 2.24) is 4.98 Å². The predicted molar refractivity (Wildman–Crippen MR) is 138 cm³/mol. The maximum Gasteiger partial charge on any atom is 0.264 e. The van der Waals surface area contributed by atoms with Crippen LogP contribution in [0.15, 0.2) is 102 Å². The van der Waals surface area contributed by atoms with Crippen molar-refractivity contribution in [3.63, 3.8) is 0 Å². The van der Waals surface area contributed by atoms with Crippen molar-refractivity contribution in [2.24, 2.45) is 0 Å². The quantitative estimate of drug-likeness (QED) is 0.413. The van der Waals surface area contributed by atoms with Crippen LogP contribution in [0.1, 0.15) is 27.2 Å². The summed E-state index contributed by atoms with van der Waals surface area (Å²) in [6.45, 7) is 1.90. The third kappa shape index (κ3) is 5.75. The number of hydrogen-bond acceptors (Lipinski definition) is 4. The topological polar surface area (TPSA) is 79.4 Å². The van der Waals surface area contributed by atoms with Crippen molar-refractivity contribution in [3.8, 4) is 11.8 Å². The van der Waals surface area contributed by atoms with Crippen LogP contribution in [0.4, 0.5) is 11.4 Å². The van der Waals surface area contributed by atoms with Crippen molar-refractivity contribution >= 4 is 27.3 Å². The second kappa shape index (κ2) is 10.2. The first kappa shape index (κ1) is 23.7. The van der Waals surface area contributed by atoms with Crippen LogP contribution in [0.3, 0.4) is 0 Å². The highest BCUT2D eigenvalue weighted by Crippen LogP contribution is 2.23. The number of hydrogen-bond donors (Lipinski definition) is 1. The van der Waals surface area contributed by atoms with Crippen LogP contribution in [-0.2, 0) is 10.0 Å². The number of nitrogens with zero attached hydrogens (tertiary/aromatic N) is 2. The molecule has 0 radical (unpaired) electrons. The van der Waals surface area contributed by atoms with E-state index in [1.54, 1.807) is 66.9 Å². The van der Waals surface area contributed by atoms with Crippen molar-refractivity contribution < 1.29 is 13.2 Å². The Morgan fingerprint density at radius 1 is 0.886 bits per heavy atom. The number of nitrogens with one attached hydrogen (secondary N) is 1. The molecular weight excluding hydrogens is 458 g/mol. The maximum atomic E-state index is 12.9. The number of aromatic nitrogens is 1. The molecule has 1 amide bonds. The first-order valence-corrected chi connectivity index (χ1v) is 12.3. The van der Waals surface area contributed by atoms with E-state index >= 15 is 0 Å². The van der Waals surface area contributed by atoms with E-state index < -0.39 is 10.0 Å². The molecule has 4 aromatic rings. The number of anilines is 2. The van der Waals surface area contributed by atoms with Crippen molar-refractivity contribution in [2.75, 3.05) is 16.7 Å². The molecule has 0 spiro atoms. The number of sulfonamides is 1. The first-order chi connectivity index (χ1) is 16.8. The Labute approximate surface area is 205 Å². The Bertz CT molecular complexity index is 1500. The molecule has 6 nitrogen and oxygen atoms in total. The molecule has 0 atom stereocenters. The van der Waals surface area contributed by atoms with Gasteiger partial charge in [0.1, 0.15) is 5.69 Å². The van der Waals surface area contributed by atoms with Gasteiger partial charge in [0.15, 0.2) is 0 Å². The lowest BCUT2D eigenvalue weighted by Gasteiger charge is -2.20. The van der Waals surface area contributed by atoms with Gasteiger partial charge in [-0.3, -0.25) is 9.10 Å². The smallest absolute Gasteiger partial charge is 0.264 e. The SMILES string of the molecule is Cc1ccc(S(=O)(=O)N(C)c2ccc(C(=O)Nc3cccc(C#Cc4ccccn4)c3)cc2)cc1. The van der Waals surface area contributed by atoms with Crippen LogP contribution in [0.2, 0.25) is 0 Å². The Kier molecular flexibility index (Phi) is 6.95. The Balaban J connectivity index is 1.46. The minimum absolute atomic E-state index is 0.207. The molecule has 0 aliphatic heterocycles. The van der Waals surface area contributed by atoms with E-state index in [2.05, 4.69) is 22.1 Å². The molecule has 0 saturated heterocycles. The third-order valence-corrected chi connectivity index (χ3v) is 7.09. The molecule has 1 heterocycles. The Morgan fingerprint density at radius 3 is 2.31 bits per heavy atom. The van der Waals surface area contributed by atoms with Crippen molar-refractivity contribution in [1.29, 1.82) is 0 Å². The summed E-state index contributed by atoms with van der Waals surface area (Å²) < 4.78 is 27.0. The van der Waals surface area contributed by atoms with E-state index in [1.165, 1.54) is 11.4 Å². The first-order valence-electron chi connectivity index (χ1n) is 10.8. The van der Waals surface area contributed by atoms with E-state index in [4.69, 9.17) is 0 Å². The maximum absolute atomic E-state index is 12.9. The number of carbonyl (C=O) groups excluding carboxylic acids is 1. The van der Waals surface area contributed by atoms with E-state index in [0.29, 0.717) is 22.6 Å². The van der Waals surface area contributed by atoms with Crippen molar-refractivity contribution in [2.45, 2.75) is 11.8 Å². The molecule has 0 aliphatic rings. The normalized spacial score (nSPS) is 10.7. The zero-order chi connectivity index (χ0) is 24.8. The highest BCUT2D eigenvalue weighted by molar-refractivity contribution is 7.92. The summed E-state index contributed by atoms with van der Waals surface area (Å²) in [5.41, 5.74) is 3.84. The Hall–Kier alpha value is -4.41. The molecule has 174 valence electrons. The van der Waals surface area contributed by atoms with Gasteiger partial charge in [-0.2, -0.15) is 0 Å². The van der Waals surface area contributed by atoms with Gasteiger partial charge in [-0.05, 0) is 79.6 Å². The van der Waals surface area contributed by atoms with E-state index in [1.807, 2.05) is 37.3 Å². The van der Waals surface area contributed by atoms with Gasteiger partial charge < -0.3 is 5.32 Å². The highest BCUT2D eigenvalue weighted by Gasteiger charge is 2.21. The molecule has 0 aliphatic carbocycles. The standard InChI is InChI=1S/C28H23N3O3S/c1-21-9-17-27(18-10-21)35(33,34)31(2)26-15-12-23(13-16-26)28(32)30-25-8-5-6-22(20-25)11-14-24-7-3-4-19-29-24/h3-10,12-13,15-20H,1-2H3,(H,30,32). The summed E-state index contributed by atoms with van der Waals surface area (Å²) in [7, 11) is -2.22. The molecule has 0 fully saturated rings. The number of benzene rings is 3. The summed E-state index contributed by atoms with van der Waals surface area (Å²) >= 11 is 0. The highest BCUT2D eigenvalue weighted by atomic mass is 32.2. The largest absolute Gasteiger partial charge is 0.322 e. The number of aryl methyl sites for hydroxylation is 1. The second-order valence-corrected chi connectivity index (χ2v) is 9.80. The molecule has 7 heteroatoms. The number of rotatable bonds is 5. The fraction of sp³-hybridized carbons (Fsp3) is 0.0714. The summed E-state index contributed by atoms with van der Waals surface area (Å²) in [5, 5.41) is 2.85. The average Bonchev–Trinajstić information content (AvgIpc) is 2.88. The summed E-state index contributed by atoms with van der Waals surface area (Å²) in [4.78, 5) is 17.1. The molecule has 1 aromatic heterocycles. The molecule has 35 heavy (non-hydrogen) atoms. The molecule has 0 saturated carbocycles. The number of pyridine rings is 1. The minimum atomic E-state index is -3.71. The van der Waals surface area contributed by atoms with Gasteiger partial charge in [0.2, 0.25) is 0 Å². The van der Waals surface area contributed by atoms with Gasteiger partial charge in [-0.15, -0.1) is 0 Å². The van der Waals surface area contributed by atoms with E-state index in [0.717, 1.165) is 11.1 Å².